The van der Waals surface area contributed by atoms with Gasteiger partial charge in [0.1, 0.15) is 5.82 Å². The first-order valence-electron chi connectivity index (χ1n) is 3.80. The van der Waals surface area contributed by atoms with Crippen LogP contribution < -0.4 is 10.6 Å². The van der Waals surface area contributed by atoms with Crippen molar-refractivity contribution >= 4 is 5.70 Å². The fourth-order valence-corrected chi connectivity index (χ4v) is 1.20. The molecule has 0 aromatic heterocycles. The van der Waals surface area contributed by atoms with E-state index in [1.807, 2.05) is 6.07 Å². The van der Waals surface area contributed by atoms with Crippen molar-refractivity contribution in [2.24, 2.45) is 0 Å². The van der Waals surface area contributed by atoms with Crippen LogP contribution in [-0.2, 0) is 0 Å². The normalized spacial score (nSPS) is 14.9. The maximum atomic E-state index is 13.1. The van der Waals surface area contributed by atoms with Gasteiger partial charge in [-0.1, -0.05) is 12.1 Å². The van der Waals surface area contributed by atoms with E-state index < -0.39 is 0 Å². The van der Waals surface area contributed by atoms with E-state index in [4.69, 9.17) is 0 Å². The maximum absolute atomic E-state index is 13.1. The molecule has 1 aliphatic heterocycles. The fourth-order valence-electron chi connectivity index (χ4n) is 1.20. The number of rotatable bonds is 1. The molecule has 0 radical (unpaired) electrons. The molecule has 0 spiro atoms. The number of hydrogen-bond donors (Lipinski definition) is 2. The Balaban J connectivity index is 2.39. The molecule has 0 fully saturated rings. The molecule has 0 saturated carbocycles. The molecule has 12 heavy (non-hydrogen) atoms. The largest absolute Gasteiger partial charge is 0.372 e. The molecule has 1 aliphatic rings. The van der Waals surface area contributed by atoms with Crippen LogP contribution in [0.25, 0.3) is 5.70 Å². The number of halogens is 1. The Hall–Kier alpha value is -1.51. The highest BCUT2D eigenvalue weighted by Gasteiger charge is 2.08. The second-order valence-corrected chi connectivity index (χ2v) is 2.60. The van der Waals surface area contributed by atoms with Crippen LogP contribution in [-0.4, -0.2) is 6.67 Å². The van der Waals surface area contributed by atoms with Gasteiger partial charge in [-0.2, -0.15) is 0 Å². The molecule has 0 saturated heterocycles. The molecule has 62 valence electrons. The van der Waals surface area contributed by atoms with Gasteiger partial charge in [0, 0.05) is 11.8 Å². The Morgan fingerprint density at radius 3 is 2.75 bits per heavy atom. The summed E-state index contributed by atoms with van der Waals surface area (Å²) < 4.78 is 13.1. The summed E-state index contributed by atoms with van der Waals surface area (Å²) in [4.78, 5) is 0. The van der Waals surface area contributed by atoms with E-state index in [1.165, 1.54) is 6.07 Å². The molecule has 0 bridgehead atoms. The van der Waals surface area contributed by atoms with Crippen molar-refractivity contribution in [2.75, 3.05) is 6.67 Å². The van der Waals surface area contributed by atoms with Crippen molar-refractivity contribution in [3.05, 3.63) is 41.8 Å². The molecule has 0 atom stereocenters. The van der Waals surface area contributed by atoms with Gasteiger partial charge >= 0.3 is 0 Å². The van der Waals surface area contributed by atoms with Gasteiger partial charge in [0.25, 0.3) is 0 Å². The summed E-state index contributed by atoms with van der Waals surface area (Å²) in [7, 11) is 0. The van der Waals surface area contributed by atoms with E-state index in [2.05, 4.69) is 10.6 Å². The van der Waals surface area contributed by atoms with Gasteiger partial charge in [0.05, 0.1) is 12.4 Å². The summed E-state index contributed by atoms with van der Waals surface area (Å²) in [6.45, 7) is 0.670. The molecule has 1 aromatic carbocycles. The average molecular weight is 164 g/mol. The second kappa shape index (κ2) is 2.85. The summed E-state index contributed by atoms with van der Waals surface area (Å²) in [6.07, 6.45) is 1.78. The number of nitrogens with one attached hydrogen (secondary N) is 2. The Kier molecular flexibility index (Phi) is 1.70. The minimum atomic E-state index is -0.194. The molecule has 0 unspecified atom stereocenters. The lowest BCUT2D eigenvalue weighted by molar-refractivity contribution is 0.622. The lowest BCUT2D eigenvalue weighted by Crippen LogP contribution is -2.14. The minimum absolute atomic E-state index is 0.194. The second-order valence-electron chi connectivity index (χ2n) is 2.60. The quantitative estimate of drug-likeness (QED) is 0.653. The van der Waals surface area contributed by atoms with Crippen molar-refractivity contribution in [1.82, 2.24) is 10.6 Å². The van der Waals surface area contributed by atoms with Gasteiger partial charge in [-0.3, -0.25) is 0 Å². The van der Waals surface area contributed by atoms with Crippen LogP contribution in [0.5, 0.6) is 0 Å². The Morgan fingerprint density at radius 2 is 2.08 bits per heavy atom. The van der Waals surface area contributed by atoms with Gasteiger partial charge in [-0.25, -0.2) is 4.39 Å². The molecule has 0 amide bonds. The van der Waals surface area contributed by atoms with Gasteiger partial charge in [-0.15, -0.1) is 0 Å². The van der Waals surface area contributed by atoms with Crippen LogP contribution in [0.4, 0.5) is 4.39 Å². The summed E-state index contributed by atoms with van der Waals surface area (Å²) >= 11 is 0. The summed E-state index contributed by atoms with van der Waals surface area (Å²) in [5.41, 5.74) is 1.43. The van der Waals surface area contributed by atoms with Gasteiger partial charge in [0.2, 0.25) is 0 Å². The Morgan fingerprint density at radius 1 is 1.25 bits per heavy atom. The summed E-state index contributed by atoms with van der Waals surface area (Å²) in [5.74, 6) is -0.194. The van der Waals surface area contributed by atoms with Crippen LogP contribution in [0, 0.1) is 5.82 Å². The van der Waals surface area contributed by atoms with Crippen molar-refractivity contribution < 1.29 is 4.39 Å². The Bertz CT molecular complexity index is 320. The van der Waals surface area contributed by atoms with E-state index in [9.17, 15) is 4.39 Å². The lowest BCUT2D eigenvalue weighted by atomic mass is 10.1. The summed E-state index contributed by atoms with van der Waals surface area (Å²) in [6, 6.07) is 6.71. The van der Waals surface area contributed by atoms with Crippen LogP contribution in [0.3, 0.4) is 0 Å². The molecular weight excluding hydrogens is 155 g/mol. The first-order valence-corrected chi connectivity index (χ1v) is 3.80. The Labute approximate surface area is 70.1 Å². The highest BCUT2D eigenvalue weighted by molar-refractivity contribution is 5.65. The monoisotopic (exact) mass is 164 g/mol. The molecule has 2 nitrogen and oxygen atoms in total. The number of hydrogen-bond acceptors (Lipinski definition) is 2. The van der Waals surface area contributed by atoms with Crippen LogP contribution in [0.1, 0.15) is 5.56 Å². The molecule has 3 heteroatoms. The van der Waals surface area contributed by atoms with Crippen LogP contribution in [0.15, 0.2) is 30.5 Å². The van der Waals surface area contributed by atoms with Crippen LogP contribution in [0.2, 0.25) is 0 Å². The first kappa shape index (κ1) is 7.16. The topological polar surface area (TPSA) is 24.1 Å². The zero-order valence-corrected chi connectivity index (χ0v) is 6.47. The van der Waals surface area contributed by atoms with Gasteiger partial charge < -0.3 is 10.6 Å². The third kappa shape index (κ3) is 1.13. The molecule has 2 rings (SSSR count). The molecule has 0 aliphatic carbocycles. The zero-order chi connectivity index (χ0) is 8.39. The molecular formula is C9H9FN2. The number of benzene rings is 1. The van der Waals surface area contributed by atoms with E-state index in [1.54, 1.807) is 18.3 Å². The van der Waals surface area contributed by atoms with Crippen molar-refractivity contribution in [1.29, 1.82) is 0 Å². The van der Waals surface area contributed by atoms with Gasteiger partial charge in [0.15, 0.2) is 0 Å². The lowest BCUT2D eigenvalue weighted by Gasteiger charge is -2.03. The van der Waals surface area contributed by atoms with E-state index in [0.29, 0.717) is 12.2 Å². The predicted molar refractivity (Wildman–Crippen MR) is 45.5 cm³/mol. The van der Waals surface area contributed by atoms with Crippen molar-refractivity contribution in [2.45, 2.75) is 0 Å². The third-order valence-corrected chi connectivity index (χ3v) is 1.79. The van der Waals surface area contributed by atoms with E-state index in [-0.39, 0.29) is 5.82 Å². The highest BCUT2D eigenvalue weighted by atomic mass is 19.1. The molecule has 1 heterocycles. The SMILES string of the molecule is Fc1ccccc1C1=CNCN1. The third-order valence-electron chi connectivity index (χ3n) is 1.79. The zero-order valence-electron chi connectivity index (χ0n) is 6.47. The van der Waals surface area contributed by atoms with Crippen molar-refractivity contribution in [3.63, 3.8) is 0 Å². The predicted octanol–water partition coefficient (Wildman–Crippen LogP) is 1.27. The standard InChI is InChI=1S/C9H9FN2/c10-8-4-2-1-3-7(8)9-5-11-6-12-9/h1-5,11-12H,6H2. The van der Waals surface area contributed by atoms with Crippen molar-refractivity contribution in [3.8, 4) is 0 Å². The van der Waals surface area contributed by atoms with Crippen LogP contribution >= 0.6 is 0 Å². The molecule has 1 aromatic rings. The average Bonchev–Trinajstić information content (AvgIpc) is 2.57. The summed E-state index contributed by atoms with van der Waals surface area (Å²) in [5, 5.41) is 5.98. The smallest absolute Gasteiger partial charge is 0.132 e. The molecule has 2 N–H and O–H groups in total. The van der Waals surface area contributed by atoms with Gasteiger partial charge in [-0.05, 0) is 12.1 Å². The maximum Gasteiger partial charge on any atom is 0.132 e. The first-order chi connectivity index (χ1) is 5.88. The van der Waals surface area contributed by atoms with E-state index in [0.717, 1.165) is 5.70 Å². The highest BCUT2D eigenvalue weighted by Crippen LogP contribution is 2.15. The minimum Gasteiger partial charge on any atom is -0.372 e. The van der Waals surface area contributed by atoms with E-state index >= 15 is 0 Å². The fraction of sp³-hybridized carbons (Fsp3) is 0.111.